The monoisotopic (exact) mass is 227 g/mol. The summed E-state index contributed by atoms with van der Waals surface area (Å²) >= 11 is 1.71. The third-order valence-electron chi connectivity index (χ3n) is 3.44. The molecule has 0 radical (unpaired) electrons. The Morgan fingerprint density at radius 2 is 1.93 bits per heavy atom. The first-order chi connectivity index (χ1) is 7.08. The molecule has 2 rings (SSSR count). The molecule has 0 spiro atoms. The highest BCUT2D eigenvalue weighted by atomic mass is 32.1. The number of hydrogen-bond donors (Lipinski definition) is 3. The maximum atomic E-state index is 9.52. The fourth-order valence-corrected chi connectivity index (χ4v) is 3.26. The van der Waals surface area contributed by atoms with Gasteiger partial charge in [0.2, 0.25) is 0 Å². The first-order valence-corrected chi connectivity index (χ1v) is 6.15. The van der Waals surface area contributed by atoms with Crippen LogP contribution in [0.3, 0.4) is 0 Å². The Bertz CT molecular complexity index is 311. The molecule has 4 heteroatoms. The van der Waals surface area contributed by atoms with Crippen LogP contribution in [0.25, 0.3) is 0 Å². The number of rotatable bonds is 2. The molecule has 0 atom stereocenters. The Morgan fingerprint density at radius 3 is 2.40 bits per heavy atom. The van der Waals surface area contributed by atoms with Crippen LogP contribution in [-0.4, -0.2) is 22.5 Å². The van der Waals surface area contributed by atoms with Gasteiger partial charge in [-0.2, -0.15) is 0 Å². The standard InChI is InChI=1S/C11H17NO2S/c12-8-10(9-2-1-7-15-9)3-5-11(13,14)6-4-10/h1-2,7,13-14H,3-6,8,12H2. The summed E-state index contributed by atoms with van der Waals surface area (Å²) in [4.78, 5) is 1.28. The second-order valence-corrected chi connectivity index (χ2v) is 5.39. The molecule has 1 aromatic heterocycles. The van der Waals surface area contributed by atoms with Crippen molar-refractivity contribution in [1.82, 2.24) is 0 Å². The van der Waals surface area contributed by atoms with Crippen LogP contribution >= 0.6 is 11.3 Å². The van der Waals surface area contributed by atoms with E-state index in [1.165, 1.54) is 4.88 Å². The molecule has 15 heavy (non-hydrogen) atoms. The second kappa shape index (κ2) is 3.87. The summed E-state index contributed by atoms with van der Waals surface area (Å²) in [5.41, 5.74) is 5.84. The van der Waals surface area contributed by atoms with Crippen molar-refractivity contribution in [3.63, 3.8) is 0 Å². The highest BCUT2D eigenvalue weighted by Crippen LogP contribution is 2.43. The van der Waals surface area contributed by atoms with Gasteiger partial charge in [-0.05, 0) is 24.3 Å². The summed E-state index contributed by atoms with van der Waals surface area (Å²) in [6, 6.07) is 4.12. The first kappa shape index (κ1) is 11.1. The van der Waals surface area contributed by atoms with Crippen LogP contribution in [0.4, 0.5) is 0 Å². The maximum absolute atomic E-state index is 9.52. The molecule has 0 unspecified atom stereocenters. The van der Waals surface area contributed by atoms with E-state index in [4.69, 9.17) is 5.73 Å². The van der Waals surface area contributed by atoms with Crippen molar-refractivity contribution in [2.24, 2.45) is 5.73 Å². The minimum Gasteiger partial charge on any atom is -0.366 e. The largest absolute Gasteiger partial charge is 0.366 e. The summed E-state index contributed by atoms with van der Waals surface area (Å²) in [6.07, 6.45) is 2.36. The van der Waals surface area contributed by atoms with Gasteiger partial charge in [0, 0.05) is 29.7 Å². The van der Waals surface area contributed by atoms with Gasteiger partial charge >= 0.3 is 0 Å². The van der Waals surface area contributed by atoms with Crippen molar-refractivity contribution in [3.8, 4) is 0 Å². The zero-order valence-electron chi connectivity index (χ0n) is 8.65. The maximum Gasteiger partial charge on any atom is 0.162 e. The lowest BCUT2D eigenvalue weighted by molar-refractivity contribution is -0.188. The normalized spacial score (nSPS) is 23.9. The van der Waals surface area contributed by atoms with Crippen LogP contribution in [-0.2, 0) is 5.41 Å². The zero-order chi connectivity index (χ0) is 10.9. The van der Waals surface area contributed by atoms with Crippen molar-refractivity contribution in [2.45, 2.75) is 36.9 Å². The van der Waals surface area contributed by atoms with Gasteiger partial charge in [-0.3, -0.25) is 0 Å². The van der Waals surface area contributed by atoms with Gasteiger partial charge in [-0.1, -0.05) is 6.07 Å². The fourth-order valence-electron chi connectivity index (χ4n) is 2.26. The predicted molar refractivity (Wildman–Crippen MR) is 60.7 cm³/mol. The van der Waals surface area contributed by atoms with E-state index in [1.54, 1.807) is 11.3 Å². The van der Waals surface area contributed by atoms with Crippen LogP contribution in [0.5, 0.6) is 0 Å². The van der Waals surface area contributed by atoms with Crippen molar-refractivity contribution < 1.29 is 10.2 Å². The molecule has 4 N–H and O–H groups in total. The van der Waals surface area contributed by atoms with Crippen molar-refractivity contribution in [2.75, 3.05) is 6.54 Å². The average Bonchev–Trinajstić information content (AvgIpc) is 2.72. The van der Waals surface area contributed by atoms with E-state index >= 15 is 0 Å². The van der Waals surface area contributed by atoms with Gasteiger partial charge in [-0.15, -0.1) is 11.3 Å². The lowest BCUT2D eigenvalue weighted by atomic mass is 9.71. The molecule has 1 aliphatic carbocycles. The van der Waals surface area contributed by atoms with Gasteiger partial charge in [0.1, 0.15) is 0 Å². The lowest BCUT2D eigenvalue weighted by Crippen LogP contribution is -2.44. The van der Waals surface area contributed by atoms with E-state index in [0.717, 1.165) is 12.8 Å². The van der Waals surface area contributed by atoms with Crippen molar-refractivity contribution in [3.05, 3.63) is 22.4 Å². The van der Waals surface area contributed by atoms with E-state index < -0.39 is 5.79 Å². The molecule has 3 nitrogen and oxygen atoms in total. The minimum atomic E-state index is -1.48. The molecule has 1 aliphatic rings. The van der Waals surface area contributed by atoms with Gasteiger partial charge in [0.05, 0.1) is 0 Å². The molecule has 0 amide bonds. The van der Waals surface area contributed by atoms with E-state index in [9.17, 15) is 10.2 Å². The Morgan fingerprint density at radius 1 is 1.27 bits per heavy atom. The van der Waals surface area contributed by atoms with Crippen LogP contribution in [0.1, 0.15) is 30.6 Å². The molecule has 1 saturated carbocycles. The topological polar surface area (TPSA) is 66.5 Å². The molecular formula is C11H17NO2S. The van der Waals surface area contributed by atoms with Gasteiger partial charge in [0.15, 0.2) is 5.79 Å². The Kier molecular flexibility index (Phi) is 2.85. The summed E-state index contributed by atoms with van der Waals surface area (Å²) in [7, 11) is 0. The smallest absolute Gasteiger partial charge is 0.162 e. The SMILES string of the molecule is NCC1(c2cccs2)CCC(O)(O)CC1. The average molecular weight is 227 g/mol. The molecular weight excluding hydrogens is 210 g/mol. The summed E-state index contributed by atoms with van der Waals surface area (Å²) < 4.78 is 0. The molecule has 0 saturated heterocycles. The summed E-state index contributed by atoms with van der Waals surface area (Å²) in [6.45, 7) is 0.587. The van der Waals surface area contributed by atoms with Gasteiger partial charge in [-0.25, -0.2) is 0 Å². The highest BCUT2D eigenvalue weighted by Gasteiger charge is 2.41. The van der Waals surface area contributed by atoms with Crippen LogP contribution < -0.4 is 5.73 Å². The van der Waals surface area contributed by atoms with Gasteiger partial charge < -0.3 is 15.9 Å². The highest BCUT2D eigenvalue weighted by molar-refractivity contribution is 7.10. The van der Waals surface area contributed by atoms with Crippen LogP contribution in [0.15, 0.2) is 17.5 Å². The Hall–Kier alpha value is -0.420. The first-order valence-electron chi connectivity index (χ1n) is 5.27. The van der Waals surface area contributed by atoms with Crippen LogP contribution in [0.2, 0.25) is 0 Å². The van der Waals surface area contributed by atoms with Crippen LogP contribution in [0, 0.1) is 0 Å². The van der Waals surface area contributed by atoms with Gasteiger partial charge in [0.25, 0.3) is 0 Å². The number of nitrogens with two attached hydrogens (primary N) is 1. The molecule has 84 valence electrons. The molecule has 1 aromatic rings. The molecule has 0 bridgehead atoms. The van der Waals surface area contributed by atoms with E-state index in [-0.39, 0.29) is 5.41 Å². The molecule has 1 heterocycles. The predicted octanol–water partition coefficient (Wildman–Crippen LogP) is 1.20. The quantitative estimate of drug-likeness (QED) is 0.665. The van der Waals surface area contributed by atoms with E-state index in [0.29, 0.717) is 19.4 Å². The minimum absolute atomic E-state index is 0.0247. The van der Waals surface area contributed by atoms with E-state index in [1.807, 2.05) is 11.4 Å². The number of thiophene rings is 1. The van der Waals surface area contributed by atoms with Crippen molar-refractivity contribution >= 4 is 11.3 Å². The third kappa shape index (κ3) is 2.08. The second-order valence-electron chi connectivity index (χ2n) is 4.44. The Balaban J connectivity index is 2.19. The molecule has 1 fully saturated rings. The molecule has 0 aliphatic heterocycles. The number of hydrogen-bond acceptors (Lipinski definition) is 4. The fraction of sp³-hybridized carbons (Fsp3) is 0.636. The summed E-state index contributed by atoms with van der Waals surface area (Å²) in [5.74, 6) is -1.48. The number of aliphatic hydroxyl groups is 2. The van der Waals surface area contributed by atoms with E-state index in [2.05, 4.69) is 6.07 Å². The molecule has 0 aromatic carbocycles. The zero-order valence-corrected chi connectivity index (χ0v) is 9.46. The van der Waals surface area contributed by atoms with Crippen molar-refractivity contribution in [1.29, 1.82) is 0 Å². The lowest BCUT2D eigenvalue weighted by Gasteiger charge is -2.40. The Labute approximate surface area is 93.5 Å². The summed E-state index contributed by atoms with van der Waals surface area (Å²) in [5, 5.41) is 21.1. The third-order valence-corrected chi connectivity index (χ3v) is 4.56.